The highest BCUT2D eigenvalue weighted by molar-refractivity contribution is 5.95. The summed E-state index contributed by atoms with van der Waals surface area (Å²) in [5, 5.41) is 6.04. The molecule has 0 spiro atoms. The SMILES string of the molecule is O=C(/C=C/c1ccc(C(=O)NC2CC2)cc1)NC1CCc2ccccc21. The zero-order chi connectivity index (χ0) is 17.9. The van der Waals surface area contributed by atoms with E-state index in [-0.39, 0.29) is 17.9 Å². The Morgan fingerprint density at radius 3 is 2.46 bits per heavy atom. The molecular weight excluding hydrogens is 324 g/mol. The van der Waals surface area contributed by atoms with E-state index < -0.39 is 0 Å². The second kappa shape index (κ2) is 7.16. The molecule has 2 aromatic rings. The molecule has 0 heterocycles. The van der Waals surface area contributed by atoms with Gasteiger partial charge in [-0.15, -0.1) is 0 Å². The van der Waals surface area contributed by atoms with Gasteiger partial charge >= 0.3 is 0 Å². The number of nitrogens with one attached hydrogen (secondary N) is 2. The van der Waals surface area contributed by atoms with Crippen LogP contribution in [0.5, 0.6) is 0 Å². The average Bonchev–Trinajstić information content (AvgIpc) is 3.39. The molecule has 0 aromatic heterocycles. The maximum Gasteiger partial charge on any atom is 0.251 e. The summed E-state index contributed by atoms with van der Waals surface area (Å²) in [6.45, 7) is 0. The highest BCUT2D eigenvalue weighted by Crippen LogP contribution is 2.30. The minimum Gasteiger partial charge on any atom is -0.349 e. The molecule has 4 nitrogen and oxygen atoms in total. The van der Waals surface area contributed by atoms with E-state index in [0.717, 1.165) is 31.2 Å². The first-order chi connectivity index (χ1) is 12.7. The highest BCUT2D eigenvalue weighted by Gasteiger charge is 2.24. The van der Waals surface area contributed by atoms with Crippen molar-refractivity contribution < 1.29 is 9.59 Å². The van der Waals surface area contributed by atoms with E-state index in [0.29, 0.717) is 11.6 Å². The number of aryl methyl sites for hydroxylation is 1. The predicted molar refractivity (Wildman–Crippen MR) is 102 cm³/mol. The van der Waals surface area contributed by atoms with Crippen molar-refractivity contribution in [3.63, 3.8) is 0 Å². The molecule has 0 radical (unpaired) electrons. The van der Waals surface area contributed by atoms with Crippen molar-refractivity contribution in [1.29, 1.82) is 0 Å². The van der Waals surface area contributed by atoms with Gasteiger partial charge < -0.3 is 10.6 Å². The minimum atomic E-state index is -0.0951. The number of hydrogen-bond donors (Lipinski definition) is 2. The van der Waals surface area contributed by atoms with Crippen LogP contribution >= 0.6 is 0 Å². The first-order valence-electron chi connectivity index (χ1n) is 9.16. The third-order valence-electron chi connectivity index (χ3n) is 4.96. The third-order valence-corrected chi connectivity index (χ3v) is 4.96. The Morgan fingerprint density at radius 2 is 1.69 bits per heavy atom. The van der Waals surface area contributed by atoms with Crippen molar-refractivity contribution in [3.8, 4) is 0 Å². The summed E-state index contributed by atoms with van der Waals surface area (Å²) < 4.78 is 0. The maximum atomic E-state index is 12.2. The summed E-state index contributed by atoms with van der Waals surface area (Å²) in [5.74, 6) is -0.122. The van der Waals surface area contributed by atoms with E-state index in [1.165, 1.54) is 11.1 Å². The number of carbonyl (C=O) groups is 2. The first-order valence-corrected chi connectivity index (χ1v) is 9.16. The number of rotatable bonds is 5. The molecule has 1 fully saturated rings. The lowest BCUT2D eigenvalue weighted by Crippen LogP contribution is -2.25. The molecule has 2 N–H and O–H groups in total. The van der Waals surface area contributed by atoms with Crippen LogP contribution in [0.1, 0.15) is 52.4 Å². The smallest absolute Gasteiger partial charge is 0.251 e. The molecule has 1 saturated carbocycles. The Balaban J connectivity index is 1.34. The molecule has 2 aliphatic carbocycles. The summed E-state index contributed by atoms with van der Waals surface area (Å²) in [4.78, 5) is 24.2. The van der Waals surface area contributed by atoms with Crippen LogP contribution in [0.2, 0.25) is 0 Å². The molecule has 0 aliphatic heterocycles. The Hall–Kier alpha value is -2.88. The fraction of sp³-hybridized carbons (Fsp3) is 0.273. The Morgan fingerprint density at radius 1 is 0.923 bits per heavy atom. The minimum absolute atomic E-state index is 0.0272. The number of amides is 2. The Bertz CT molecular complexity index is 851. The van der Waals surface area contributed by atoms with Gasteiger partial charge in [0.15, 0.2) is 0 Å². The monoisotopic (exact) mass is 346 g/mol. The molecule has 2 aromatic carbocycles. The van der Waals surface area contributed by atoms with Crippen molar-refractivity contribution in [2.24, 2.45) is 0 Å². The van der Waals surface area contributed by atoms with E-state index in [1.807, 2.05) is 24.3 Å². The lowest BCUT2D eigenvalue weighted by molar-refractivity contribution is -0.117. The zero-order valence-corrected chi connectivity index (χ0v) is 14.6. The molecule has 26 heavy (non-hydrogen) atoms. The summed E-state index contributed by atoms with van der Waals surface area (Å²) in [6, 6.07) is 16.0. The first kappa shape index (κ1) is 16.6. The van der Waals surface area contributed by atoms with E-state index in [2.05, 4.69) is 22.8 Å². The van der Waals surface area contributed by atoms with E-state index in [9.17, 15) is 9.59 Å². The Kier molecular flexibility index (Phi) is 4.57. The topological polar surface area (TPSA) is 58.2 Å². The molecule has 1 unspecified atom stereocenters. The second-order valence-corrected chi connectivity index (χ2v) is 7.00. The van der Waals surface area contributed by atoms with Crippen molar-refractivity contribution >= 4 is 17.9 Å². The fourth-order valence-corrected chi connectivity index (χ4v) is 3.34. The van der Waals surface area contributed by atoms with Crippen molar-refractivity contribution in [3.05, 3.63) is 76.9 Å². The normalized spacial score (nSPS) is 18.5. The van der Waals surface area contributed by atoms with Gasteiger partial charge in [-0.05, 0) is 60.6 Å². The largest absolute Gasteiger partial charge is 0.349 e. The van der Waals surface area contributed by atoms with E-state index in [1.54, 1.807) is 24.3 Å². The number of hydrogen-bond acceptors (Lipinski definition) is 2. The van der Waals surface area contributed by atoms with E-state index in [4.69, 9.17) is 0 Å². The number of fused-ring (bicyclic) bond motifs is 1. The molecule has 2 amide bonds. The lowest BCUT2D eigenvalue weighted by Gasteiger charge is -2.12. The van der Waals surface area contributed by atoms with Crippen LogP contribution < -0.4 is 10.6 Å². The van der Waals surface area contributed by atoms with Gasteiger partial charge in [-0.3, -0.25) is 9.59 Å². The quantitative estimate of drug-likeness (QED) is 0.815. The second-order valence-electron chi connectivity index (χ2n) is 7.00. The van der Waals surface area contributed by atoms with Crippen molar-refractivity contribution in [1.82, 2.24) is 10.6 Å². The maximum absolute atomic E-state index is 12.2. The van der Waals surface area contributed by atoms with Crippen molar-refractivity contribution in [2.75, 3.05) is 0 Å². The Labute approximate surface area is 153 Å². The summed E-state index contributed by atoms with van der Waals surface area (Å²) in [5.41, 5.74) is 4.10. The zero-order valence-electron chi connectivity index (χ0n) is 14.6. The van der Waals surface area contributed by atoms with Crippen LogP contribution in [-0.2, 0) is 11.2 Å². The summed E-state index contributed by atoms with van der Waals surface area (Å²) in [7, 11) is 0. The highest BCUT2D eigenvalue weighted by atomic mass is 16.2. The van der Waals surface area contributed by atoms with Gasteiger partial charge in [-0.1, -0.05) is 36.4 Å². The third kappa shape index (κ3) is 3.85. The molecular formula is C22H22N2O2. The number of benzene rings is 2. The molecule has 4 rings (SSSR count). The molecule has 132 valence electrons. The van der Waals surface area contributed by atoms with Gasteiger partial charge in [0.05, 0.1) is 6.04 Å². The summed E-state index contributed by atoms with van der Waals surface area (Å²) in [6.07, 6.45) is 7.44. The van der Waals surface area contributed by atoms with Crippen LogP contribution in [0, 0.1) is 0 Å². The van der Waals surface area contributed by atoms with Gasteiger partial charge in [-0.2, -0.15) is 0 Å². The van der Waals surface area contributed by atoms with Crippen LogP contribution in [-0.4, -0.2) is 17.9 Å². The predicted octanol–water partition coefficient (Wildman–Crippen LogP) is 3.40. The summed E-state index contributed by atoms with van der Waals surface area (Å²) >= 11 is 0. The van der Waals surface area contributed by atoms with Gasteiger partial charge in [-0.25, -0.2) is 0 Å². The van der Waals surface area contributed by atoms with Gasteiger partial charge in [0.2, 0.25) is 5.91 Å². The fourth-order valence-electron chi connectivity index (χ4n) is 3.34. The average molecular weight is 346 g/mol. The molecule has 0 bridgehead atoms. The van der Waals surface area contributed by atoms with E-state index >= 15 is 0 Å². The van der Waals surface area contributed by atoms with Gasteiger partial charge in [0.1, 0.15) is 0 Å². The van der Waals surface area contributed by atoms with Crippen LogP contribution in [0.25, 0.3) is 6.08 Å². The van der Waals surface area contributed by atoms with Crippen molar-refractivity contribution in [2.45, 2.75) is 37.8 Å². The molecule has 1 atom stereocenters. The molecule has 0 saturated heterocycles. The molecule has 4 heteroatoms. The van der Waals surface area contributed by atoms with Crippen LogP contribution in [0.3, 0.4) is 0 Å². The van der Waals surface area contributed by atoms with Gasteiger partial charge in [0, 0.05) is 17.7 Å². The lowest BCUT2D eigenvalue weighted by atomic mass is 10.1. The standard InChI is InChI=1S/C22H22N2O2/c25-21(24-20-13-10-16-3-1-2-4-19(16)20)14-7-15-5-8-17(9-6-15)22(26)23-18-11-12-18/h1-9,14,18,20H,10-13H2,(H,23,26)(H,24,25)/b14-7+. The number of carbonyl (C=O) groups excluding carboxylic acids is 2. The van der Waals surface area contributed by atoms with Crippen LogP contribution in [0.4, 0.5) is 0 Å². The molecule has 2 aliphatic rings. The van der Waals surface area contributed by atoms with Crippen LogP contribution in [0.15, 0.2) is 54.6 Å². The van der Waals surface area contributed by atoms with Gasteiger partial charge in [0.25, 0.3) is 5.91 Å².